The summed E-state index contributed by atoms with van der Waals surface area (Å²) < 4.78 is 5.39. The van der Waals surface area contributed by atoms with Crippen LogP contribution in [0.5, 0.6) is 0 Å². The van der Waals surface area contributed by atoms with Crippen molar-refractivity contribution >= 4 is 63.5 Å². The average Bonchev–Trinajstić information content (AvgIpc) is 3.07. The molecule has 3 rings (SSSR count). The number of benzene rings is 1. The van der Waals surface area contributed by atoms with Gasteiger partial charge in [0.2, 0.25) is 0 Å². The fourth-order valence-corrected chi connectivity index (χ4v) is 3.33. The van der Waals surface area contributed by atoms with Crippen molar-refractivity contribution < 1.29 is 14.1 Å². The Labute approximate surface area is 144 Å². The number of thioether (sulfide) groups is 1. The van der Waals surface area contributed by atoms with Gasteiger partial charge in [0.05, 0.1) is 16.7 Å². The third-order valence-corrected chi connectivity index (χ3v) is 4.50. The van der Waals surface area contributed by atoms with Crippen molar-refractivity contribution in [3.63, 3.8) is 0 Å². The van der Waals surface area contributed by atoms with Crippen LogP contribution < -0.4 is 4.90 Å². The molecule has 1 amide bonds. The minimum absolute atomic E-state index is 0.216. The summed E-state index contributed by atoms with van der Waals surface area (Å²) >= 11 is 12.2. The first-order valence-corrected chi connectivity index (χ1v) is 7.84. The minimum atomic E-state index is -0.643. The number of halogens is 1. The summed E-state index contributed by atoms with van der Waals surface area (Å²) in [6.45, 7) is 0. The number of hydrogen-bond donors (Lipinski definition) is 0. The Hall–Kier alpha value is -2.16. The zero-order chi connectivity index (χ0) is 16.6. The molecule has 0 spiro atoms. The molecule has 0 unspecified atom stereocenters. The Morgan fingerprint density at radius 1 is 1.26 bits per heavy atom. The highest BCUT2D eigenvalue weighted by atomic mass is 35.5. The number of anilines is 1. The predicted molar refractivity (Wildman–Crippen MR) is 92.5 cm³/mol. The van der Waals surface area contributed by atoms with E-state index in [1.54, 1.807) is 24.3 Å². The number of nitro groups is 1. The molecule has 2 heterocycles. The average molecular weight is 367 g/mol. The molecule has 6 nitrogen and oxygen atoms in total. The van der Waals surface area contributed by atoms with E-state index in [0.717, 1.165) is 11.8 Å². The largest absolute Gasteiger partial charge is 0.433 e. The molecule has 2 aromatic rings. The topological polar surface area (TPSA) is 76.6 Å². The van der Waals surface area contributed by atoms with E-state index >= 15 is 0 Å². The highest BCUT2D eigenvalue weighted by Crippen LogP contribution is 2.36. The maximum Gasteiger partial charge on any atom is 0.433 e. The number of nitrogens with zero attached hydrogens (tertiary/aromatic N) is 2. The molecule has 0 atom stereocenters. The predicted octanol–water partition coefficient (Wildman–Crippen LogP) is 4.25. The standard InChI is InChI=1S/C14H7ClN2O4S2/c15-8-1-3-9(4-2-8)16-13(18)11(23-14(16)22)7-10-5-6-12(21-10)17(19)20/h1-7H. The molecule has 0 radical (unpaired) electrons. The Morgan fingerprint density at radius 2 is 1.96 bits per heavy atom. The summed E-state index contributed by atoms with van der Waals surface area (Å²) in [5.74, 6) is -0.487. The van der Waals surface area contributed by atoms with Crippen LogP contribution in [0.3, 0.4) is 0 Å². The molecule has 1 fully saturated rings. The van der Waals surface area contributed by atoms with Crippen molar-refractivity contribution in [1.82, 2.24) is 0 Å². The van der Waals surface area contributed by atoms with E-state index in [1.807, 2.05) is 0 Å². The van der Waals surface area contributed by atoms with Gasteiger partial charge in [0.1, 0.15) is 10.7 Å². The van der Waals surface area contributed by atoms with Crippen LogP contribution in [0.25, 0.3) is 6.08 Å². The summed E-state index contributed by atoms with van der Waals surface area (Å²) in [5, 5.41) is 11.2. The lowest BCUT2D eigenvalue weighted by Gasteiger charge is -2.14. The Kier molecular flexibility index (Phi) is 4.20. The third kappa shape index (κ3) is 3.14. The van der Waals surface area contributed by atoms with Crippen LogP contribution in [0.4, 0.5) is 11.6 Å². The second-order valence-corrected chi connectivity index (χ2v) is 6.54. The van der Waals surface area contributed by atoms with Crippen LogP contribution in [0.1, 0.15) is 5.76 Å². The van der Waals surface area contributed by atoms with Crippen LogP contribution in [-0.4, -0.2) is 15.2 Å². The van der Waals surface area contributed by atoms with Gasteiger partial charge in [0.25, 0.3) is 5.91 Å². The lowest BCUT2D eigenvalue weighted by Crippen LogP contribution is -2.27. The van der Waals surface area contributed by atoms with Crippen molar-refractivity contribution in [2.75, 3.05) is 4.90 Å². The van der Waals surface area contributed by atoms with Gasteiger partial charge in [-0.1, -0.05) is 35.6 Å². The molecule has 23 heavy (non-hydrogen) atoms. The smallest absolute Gasteiger partial charge is 0.401 e. The normalized spacial score (nSPS) is 16.4. The summed E-state index contributed by atoms with van der Waals surface area (Å²) in [7, 11) is 0. The second-order valence-electron chi connectivity index (χ2n) is 4.43. The number of carbonyl (C=O) groups excluding carboxylic acids is 1. The first-order valence-electron chi connectivity index (χ1n) is 6.23. The van der Waals surface area contributed by atoms with E-state index in [9.17, 15) is 14.9 Å². The van der Waals surface area contributed by atoms with Gasteiger partial charge in [0.15, 0.2) is 4.32 Å². The monoisotopic (exact) mass is 366 g/mol. The molecule has 1 aromatic carbocycles. The molecule has 0 aliphatic carbocycles. The highest BCUT2D eigenvalue weighted by molar-refractivity contribution is 8.27. The first kappa shape index (κ1) is 15.7. The number of thiocarbonyl (C=S) groups is 1. The molecule has 9 heteroatoms. The van der Waals surface area contributed by atoms with Crippen LogP contribution in [-0.2, 0) is 4.79 Å². The molecule has 1 saturated heterocycles. The highest BCUT2D eigenvalue weighted by Gasteiger charge is 2.33. The molecule has 1 aromatic heterocycles. The van der Waals surface area contributed by atoms with Crippen molar-refractivity contribution in [3.05, 3.63) is 62.2 Å². The maximum absolute atomic E-state index is 12.5. The van der Waals surface area contributed by atoms with Gasteiger partial charge in [0, 0.05) is 11.1 Å². The lowest BCUT2D eigenvalue weighted by atomic mass is 10.3. The summed E-state index contributed by atoms with van der Waals surface area (Å²) in [6, 6.07) is 9.35. The van der Waals surface area contributed by atoms with E-state index in [0.29, 0.717) is 19.9 Å². The number of amides is 1. The molecule has 1 aliphatic heterocycles. The van der Waals surface area contributed by atoms with Crippen LogP contribution >= 0.6 is 35.6 Å². The molecule has 0 saturated carbocycles. The Bertz CT molecular complexity index is 845. The summed E-state index contributed by atoms with van der Waals surface area (Å²) in [5.41, 5.74) is 0.603. The Morgan fingerprint density at radius 3 is 2.57 bits per heavy atom. The zero-order valence-electron chi connectivity index (χ0n) is 11.3. The molecular formula is C14H7ClN2O4S2. The van der Waals surface area contributed by atoms with Crippen molar-refractivity contribution in [2.24, 2.45) is 0 Å². The fourth-order valence-electron chi connectivity index (χ4n) is 1.93. The first-order chi connectivity index (χ1) is 11.0. The number of furan rings is 1. The van der Waals surface area contributed by atoms with Crippen molar-refractivity contribution in [3.8, 4) is 0 Å². The molecule has 0 N–H and O–H groups in total. The second kappa shape index (κ2) is 6.15. The fraction of sp³-hybridized carbons (Fsp3) is 0. The molecular weight excluding hydrogens is 360 g/mol. The van der Waals surface area contributed by atoms with Gasteiger partial charge in [-0.05, 0) is 30.3 Å². The van der Waals surface area contributed by atoms with Crippen molar-refractivity contribution in [2.45, 2.75) is 0 Å². The quantitative estimate of drug-likeness (QED) is 0.350. The van der Waals surface area contributed by atoms with E-state index in [4.69, 9.17) is 28.2 Å². The van der Waals surface area contributed by atoms with E-state index in [1.165, 1.54) is 23.1 Å². The van der Waals surface area contributed by atoms with Gasteiger partial charge in [-0.3, -0.25) is 19.8 Å². The van der Waals surface area contributed by atoms with Gasteiger partial charge >= 0.3 is 5.88 Å². The van der Waals surface area contributed by atoms with E-state index < -0.39 is 4.92 Å². The maximum atomic E-state index is 12.5. The van der Waals surface area contributed by atoms with Crippen LogP contribution in [0, 0.1) is 10.1 Å². The Balaban J connectivity index is 1.89. The number of rotatable bonds is 3. The third-order valence-electron chi connectivity index (χ3n) is 2.94. The molecule has 0 bridgehead atoms. The van der Waals surface area contributed by atoms with Gasteiger partial charge in [-0.25, -0.2) is 0 Å². The van der Waals surface area contributed by atoms with Gasteiger partial charge < -0.3 is 4.42 Å². The summed E-state index contributed by atoms with van der Waals surface area (Å²) in [6.07, 6.45) is 1.43. The van der Waals surface area contributed by atoms with E-state index in [-0.39, 0.29) is 17.6 Å². The zero-order valence-corrected chi connectivity index (χ0v) is 13.7. The number of carbonyl (C=O) groups is 1. The SMILES string of the molecule is O=C1C(=Cc2ccc([N+](=O)[O-])o2)SC(=S)N1c1ccc(Cl)cc1. The number of hydrogen-bond acceptors (Lipinski definition) is 6. The summed E-state index contributed by atoms with van der Waals surface area (Å²) in [4.78, 5) is 24.2. The molecule has 116 valence electrons. The van der Waals surface area contributed by atoms with Crippen molar-refractivity contribution in [1.29, 1.82) is 0 Å². The van der Waals surface area contributed by atoms with Crippen LogP contribution in [0.2, 0.25) is 5.02 Å². The molecule has 1 aliphatic rings. The minimum Gasteiger partial charge on any atom is -0.401 e. The van der Waals surface area contributed by atoms with E-state index in [2.05, 4.69) is 0 Å². The van der Waals surface area contributed by atoms with Gasteiger partial charge in [-0.2, -0.15) is 0 Å². The van der Waals surface area contributed by atoms with Gasteiger partial charge in [-0.15, -0.1) is 0 Å². The van der Waals surface area contributed by atoms with Crippen LogP contribution in [0.15, 0.2) is 45.7 Å². The lowest BCUT2D eigenvalue weighted by molar-refractivity contribution is -0.402.